The van der Waals surface area contributed by atoms with Crippen LogP contribution in [0.25, 0.3) is 0 Å². The molecule has 0 aromatic heterocycles. The number of benzene rings is 2. The normalized spacial score (nSPS) is 11.2. The summed E-state index contributed by atoms with van der Waals surface area (Å²) in [4.78, 5) is 11.8. The summed E-state index contributed by atoms with van der Waals surface area (Å²) in [5.41, 5.74) is -0.450. The number of halogens is 5. The highest BCUT2D eigenvalue weighted by molar-refractivity contribution is 6.33. The summed E-state index contributed by atoms with van der Waals surface area (Å²) in [5, 5.41) is 5.03. The second kappa shape index (κ2) is 6.87. The number of carbonyl (C=O) groups excluding carboxylic acids is 1. The predicted octanol–water partition coefficient (Wildman–Crippen LogP) is 4.55. The van der Waals surface area contributed by atoms with Crippen LogP contribution >= 0.6 is 11.6 Å². The van der Waals surface area contributed by atoms with Crippen molar-refractivity contribution in [2.24, 2.45) is 0 Å². The number of nitrogens with one attached hydrogen (secondary N) is 2. The van der Waals surface area contributed by atoms with Gasteiger partial charge in [-0.25, -0.2) is 4.39 Å². The van der Waals surface area contributed by atoms with Gasteiger partial charge in [-0.05, 0) is 36.4 Å². The Labute approximate surface area is 134 Å². The first-order chi connectivity index (χ1) is 10.8. The lowest BCUT2D eigenvalue weighted by Gasteiger charge is -2.11. The maximum absolute atomic E-state index is 12.9. The van der Waals surface area contributed by atoms with Crippen LogP contribution in [0.1, 0.15) is 5.56 Å². The van der Waals surface area contributed by atoms with E-state index in [2.05, 4.69) is 10.6 Å². The minimum absolute atomic E-state index is 0.0254. The van der Waals surface area contributed by atoms with Gasteiger partial charge in [0.2, 0.25) is 5.91 Å². The van der Waals surface area contributed by atoms with E-state index in [1.807, 2.05) is 0 Å². The molecule has 1 amide bonds. The van der Waals surface area contributed by atoms with Crippen LogP contribution in [0.5, 0.6) is 0 Å². The van der Waals surface area contributed by atoms with Crippen molar-refractivity contribution in [1.82, 2.24) is 0 Å². The molecule has 0 radical (unpaired) electrons. The predicted molar refractivity (Wildman–Crippen MR) is 80.0 cm³/mol. The zero-order chi connectivity index (χ0) is 17.0. The molecule has 0 saturated carbocycles. The fourth-order valence-corrected chi connectivity index (χ4v) is 1.99. The molecule has 2 aromatic rings. The summed E-state index contributed by atoms with van der Waals surface area (Å²) in [6.07, 6.45) is -4.46. The molecule has 0 aliphatic rings. The molecule has 0 atom stereocenters. The van der Waals surface area contributed by atoms with Crippen molar-refractivity contribution in [1.29, 1.82) is 0 Å². The third kappa shape index (κ3) is 4.85. The molecule has 23 heavy (non-hydrogen) atoms. The first kappa shape index (κ1) is 17.1. The Balaban J connectivity index is 1.97. The molecule has 0 bridgehead atoms. The zero-order valence-corrected chi connectivity index (χ0v) is 12.3. The van der Waals surface area contributed by atoms with Gasteiger partial charge in [0.15, 0.2) is 0 Å². The number of amides is 1. The van der Waals surface area contributed by atoms with Crippen molar-refractivity contribution in [2.75, 3.05) is 17.2 Å². The molecular weight excluding hydrogens is 336 g/mol. The van der Waals surface area contributed by atoms with Crippen LogP contribution in [-0.2, 0) is 11.0 Å². The van der Waals surface area contributed by atoms with Gasteiger partial charge < -0.3 is 10.6 Å². The number of carbonyl (C=O) groups is 1. The molecule has 8 heteroatoms. The maximum atomic E-state index is 12.9. The molecule has 3 nitrogen and oxygen atoms in total. The maximum Gasteiger partial charge on any atom is 0.416 e. The summed E-state index contributed by atoms with van der Waals surface area (Å²) in [5.74, 6) is -1.08. The summed E-state index contributed by atoms with van der Waals surface area (Å²) in [6, 6.07) is 7.94. The molecule has 2 aromatic carbocycles. The van der Waals surface area contributed by atoms with Crippen LogP contribution in [-0.4, -0.2) is 12.5 Å². The van der Waals surface area contributed by atoms with E-state index in [-0.39, 0.29) is 22.9 Å². The molecule has 2 N–H and O–H groups in total. The van der Waals surface area contributed by atoms with Crippen LogP contribution in [0.15, 0.2) is 42.5 Å². The summed E-state index contributed by atoms with van der Waals surface area (Å²) in [6.45, 7) is -0.269. The van der Waals surface area contributed by atoms with Gasteiger partial charge in [-0.2, -0.15) is 13.2 Å². The molecule has 0 aliphatic carbocycles. The Hall–Kier alpha value is -2.28. The summed E-state index contributed by atoms with van der Waals surface area (Å²) in [7, 11) is 0. The van der Waals surface area contributed by atoms with Gasteiger partial charge in [0.05, 0.1) is 22.8 Å². The quantitative estimate of drug-likeness (QED) is 0.797. The lowest BCUT2D eigenvalue weighted by Crippen LogP contribution is -2.22. The SMILES string of the molecule is O=C(CNc1cccc(C(F)(F)F)c1)Nc1ccc(F)cc1Cl. The van der Waals surface area contributed by atoms with Crippen molar-refractivity contribution < 1.29 is 22.4 Å². The van der Waals surface area contributed by atoms with Gasteiger partial charge in [0.1, 0.15) is 5.82 Å². The van der Waals surface area contributed by atoms with Crippen LogP contribution in [0.4, 0.5) is 28.9 Å². The van der Waals surface area contributed by atoms with Crippen LogP contribution < -0.4 is 10.6 Å². The van der Waals surface area contributed by atoms with E-state index in [0.29, 0.717) is 0 Å². The number of rotatable bonds is 4. The van der Waals surface area contributed by atoms with E-state index >= 15 is 0 Å². The van der Waals surface area contributed by atoms with Crippen LogP contribution in [0, 0.1) is 5.82 Å². The fraction of sp³-hybridized carbons (Fsp3) is 0.133. The molecular formula is C15H11ClF4N2O. The Morgan fingerprint density at radius 3 is 2.52 bits per heavy atom. The van der Waals surface area contributed by atoms with Crippen molar-refractivity contribution in [3.05, 3.63) is 58.9 Å². The Bertz CT molecular complexity index is 719. The second-order valence-corrected chi connectivity index (χ2v) is 5.01. The van der Waals surface area contributed by atoms with E-state index in [1.165, 1.54) is 18.2 Å². The van der Waals surface area contributed by atoms with Crippen molar-refractivity contribution in [2.45, 2.75) is 6.18 Å². The molecule has 2 rings (SSSR count). The molecule has 0 aliphatic heterocycles. The minimum atomic E-state index is -4.46. The Morgan fingerprint density at radius 1 is 1.13 bits per heavy atom. The average molecular weight is 347 g/mol. The monoisotopic (exact) mass is 346 g/mol. The largest absolute Gasteiger partial charge is 0.416 e. The molecule has 0 spiro atoms. The summed E-state index contributed by atoms with van der Waals surface area (Å²) < 4.78 is 50.6. The molecule has 0 heterocycles. The first-order valence-electron chi connectivity index (χ1n) is 6.42. The first-order valence-corrected chi connectivity index (χ1v) is 6.79. The van der Waals surface area contributed by atoms with Gasteiger partial charge in [-0.3, -0.25) is 4.79 Å². The lowest BCUT2D eigenvalue weighted by atomic mass is 10.2. The topological polar surface area (TPSA) is 41.1 Å². The van der Waals surface area contributed by atoms with Crippen LogP contribution in [0.2, 0.25) is 5.02 Å². The van der Waals surface area contributed by atoms with E-state index in [4.69, 9.17) is 11.6 Å². The van der Waals surface area contributed by atoms with E-state index in [0.717, 1.165) is 24.3 Å². The van der Waals surface area contributed by atoms with Crippen molar-refractivity contribution in [3.63, 3.8) is 0 Å². The number of hydrogen-bond acceptors (Lipinski definition) is 2. The summed E-state index contributed by atoms with van der Waals surface area (Å²) >= 11 is 5.76. The third-order valence-corrected chi connectivity index (χ3v) is 3.16. The van der Waals surface area contributed by atoms with Gasteiger partial charge in [-0.15, -0.1) is 0 Å². The third-order valence-electron chi connectivity index (χ3n) is 2.85. The highest BCUT2D eigenvalue weighted by Crippen LogP contribution is 2.30. The molecule has 0 fully saturated rings. The number of anilines is 2. The number of alkyl halides is 3. The smallest absolute Gasteiger partial charge is 0.376 e. The standard InChI is InChI=1S/C15H11ClF4N2O/c16-12-7-10(17)4-5-13(12)22-14(23)8-21-11-3-1-2-9(6-11)15(18,19)20/h1-7,21H,8H2,(H,22,23). The van der Waals surface area contributed by atoms with E-state index in [9.17, 15) is 22.4 Å². The average Bonchev–Trinajstić information content (AvgIpc) is 2.47. The Morgan fingerprint density at radius 2 is 1.87 bits per heavy atom. The highest BCUT2D eigenvalue weighted by Gasteiger charge is 2.30. The second-order valence-electron chi connectivity index (χ2n) is 4.60. The van der Waals surface area contributed by atoms with Gasteiger partial charge in [-0.1, -0.05) is 17.7 Å². The fourth-order valence-electron chi connectivity index (χ4n) is 1.77. The van der Waals surface area contributed by atoms with Gasteiger partial charge >= 0.3 is 6.18 Å². The zero-order valence-electron chi connectivity index (χ0n) is 11.5. The van der Waals surface area contributed by atoms with Crippen LogP contribution in [0.3, 0.4) is 0 Å². The lowest BCUT2D eigenvalue weighted by molar-refractivity contribution is -0.137. The Kier molecular flexibility index (Phi) is 5.10. The van der Waals surface area contributed by atoms with E-state index < -0.39 is 23.5 Å². The molecule has 122 valence electrons. The molecule has 0 saturated heterocycles. The minimum Gasteiger partial charge on any atom is -0.376 e. The number of hydrogen-bond donors (Lipinski definition) is 2. The van der Waals surface area contributed by atoms with Crippen molar-refractivity contribution in [3.8, 4) is 0 Å². The van der Waals surface area contributed by atoms with Gasteiger partial charge in [0, 0.05) is 5.69 Å². The highest BCUT2D eigenvalue weighted by atomic mass is 35.5. The van der Waals surface area contributed by atoms with E-state index in [1.54, 1.807) is 0 Å². The van der Waals surface area contributed by atoms with Crippen molar-refractivity contribution >= 4 is 28.9 Å². The van der Waals surface area contributed by atoms with Gasteiger partial charge in [0.25, 0.3) is 0 Å². The molecule has 0 unspecified atom stereocenters.